The summed E-state index contributed by atoms with van der Waals surface area (Å²) >= 11 is 0. The predicted molar refractivity (Wildman–Crippen MR) is 81.2 cm³/mol. The fraction of sp³-hybridized carbons (Fsp3) is 0.562. The number of carbonyl (C=O) groups excluding carboxylic acids is 1. The molecule has 1 aliphatic carbocycles. The van der Waals surface area contributed by atoms with Gasteiger partial charge in [-0.3, -0.25) is 9.69 Å². The minimum atomic E-state index is -0.671. The molecule has 1 aliphatic heterocycles. The minimum absolute atomic E-state index is 0.239. The number of nitrogens with two attached hydrogens (primary N) is 1. The number of nitrogens with zero attached hydrogens (tertiary/aromatic N) is 1. The summed E-state index contributed by atoms with van der Waals surface area (Å²) in [6, 6.07) is 6.01. The second-order valence-electron chi connectivity index (χ2n) is 5.84. The number of primary amides is 1. The quantitative estimate of drug-likeness (QED) is 0.856. The van der Waals surface area contributed by atoms with E-state index in [1.54, 1.807) is 7.11 Å². The number of nitrogens with one attached hydrogen (secondary N) is 1. The molecule has 1 aromatic rings. The zero-order valence-electron chi connectivity index (χ0n) is 12.5. The van der Waals surface area contributed by atoms with Gasteiger partial charge in [-0.25, -0.2) is 0 Å². The van der Waals surface area contributed by atoms with Crippen LogP contribution in [0.1, 0.15) is 24.0 Å². The summed E-state index contributed by atoms with van der Waals surface area (Å²) in [5.74, 6) is 0.547. The van der Waals surface area contributed by atoms with E-state index in [1.165, 1.54) is 5.56 Å². The summed E-state index contributed by atoms with van der Waals surface area (Å²) in [6.07, 6.45) is 2.70. The number of methoxy groups -OCH3 is 1. The second kappa shape index (κ2) is 5.66. The van der Waals surface area contributed by atoms with Crippen LogP contribution in [0.25, 0.3) is 0 Å². The molecule has 0 aromatic heterocycles. The van der Waals surface area contributed by atoms with E-state index in [4.69, 9.17) is 10.5 Å². The van der Waals surface area contributed by atoms with E-state index in [2.05, 4.69) is 16.3 Å². The highest BCUT2D eigenvalue weighted by atomic mass is 16.5. The molecule has 1 unspecified atom stereocenters. The lowest BCUT2D eigenvalue weighted by molar-refractivity contribution is -0.131. The maximum atomic E-state index is 12.4. The number of hydrogen-bond acceptors (Lipinski definition) is 4. The SMILES string of the molecule is COc1ccc2c(c1)C(C(N)=O)(N1CCCNCC1)CC2. The molecule has 0 bridgehead atoms. The van der Waals surface area contributed by atoms with Crippen LogP contribution in [0.5, 0.6) is 5.75 Å². The van der Waals surface area contributed by atoms with E-state index in [1.807, 2.05) is 12.1 Å². The van der Waals surface area contributed by atoms with Crippen LogP contribution in [-0.2, 0) is 16.8 Å². The van der Waals surface area contributed by atoms with E-state index in [0.29, 0.717) is 0 Å². The van der Waals surface area contributed by atoms with Gasteiger partial charge in [0.15, 0.2) is 0 Å². The number of amides is 1. The standard InChI is InChI=1S/C16H23N3O2/c1-21-13-4-3-12-5-6-16(15(17)20,14(12)11-13)19-9-2-7-18-8-10-19/h3-4,11,18H,2,5-10H2,1H3,(H2,17,20). The molecule has 1 saturated heterocycles. The average molecular weight is 289 g/mol. The molecule has 0 radical (unpaired) electrons. The Hall–Kier alpha value is -1.59. The first-order chi connectivity index (χ1) is 10.2. The Bertz CT molecular complexity index is 538. The van der Waals surface area contributed by atoms with E-state index in [-0.39, 0.29) is 5.91 Å². The van der Waals surface area contributed by atoms with Crippen molar-refractivity contribution in [1.29, 1.82) is 0 Å². The van der Waals surface area contributed by atoms with Crippen LogP contribution >= 0.6 is 0 Å². The van der Waals surface area contributed by atoms with E-state index in [9.17, 15) is 4.79 Å². The molecule has 21 heavy (non-hydrogen) atoms. The van der Waals surface area contributed by atoms with Crippen molar-refractivity contribution in [1.82, 2.24) is 10.2 Å². The fourth-order valence-corrected chi connectivity index (χ4v) is 3.70. The first-order valence-corrected chi connectivity index (χ1v) is 7.61. The van der Waals surface area contributed by atoms with Gasteiger partial charge in [0.05, 0.1) is 7.11 Å². The Morgan fingerprint density at radius 1 is 1.38 bits per heavy atom. The molecule has 1 atom stereocenters. The van der Waals surface area contributed by atoms with Crippen molar-refractivity contribution in [2.75, 3.05) is 33.3 Å². The third kappa shape index (κ3) is 2.30. The highest BCUT2D eigenvalue weighted by Gasteiger charge is 2.48. The lowest BCUT2D eigenvalue weighted by Gasteiger charge is -2.39. The van der Waals surface area contributed by atoms with E-state index >= 15 is 0 Å². The van der Waals surface area contributed by atoms with E-state index < -0.39 is 5.54 Å². The minimum Gasteiger partial charge on any atom is -0.497 e. The van der Waals surface area contributed by atoms with Crippen molar-refractivity contribution in [3.8, 4) is 5.75 Å². The number of aryl methyl sites for hydroxylation is 1. The third-order valence-corrected chi connectivity index (χ3v) is 4.81. The number of hydrogen-bond donors (Lipinski definition) is 2. The molecule has 5 heteroatoms. The smallest absolute Gasteiger partial charge is 0.242 e. The summed E-state index contributed by atoms with van der Waals surface area (Å²) in [5.41, 5.74) is 7.46. The van der Waals surface area contributed by atoms with Gasteiger partial charge in [0, 0.05) is 19.6 Å². The first-order valence-electron chi connectivity index (χ1n) is 7.61. The van der Waals surface area contributed by atoms with Gasteiger partial charge >= 0.3 is 0 Å². The maximum absolute atomic E-state index is 12.4. The second-order valence-corrected chi connectivity index (χ2v) is 5.84. The molecule has 114 valence electrons. The van der Waals surface area contributed by atoms with Crippen molar-refractivity contribution in [2.45, 2.75) is 24.8 Å². The summed E-state index contributed by atoms with van der Waals surface area (Å²) in [4.78, 5) is 14.7. The Morgan fingerprint density at radius 3 is 3.00 bits per heavy atom. The fourth-order valence-electron chi connectivity index (χ4n) is 3.70. The molecule has 1 aromatic carbocycles. The lowest BCUT2D eigenvalue weighted by Crippen LogP contribution is -2.54. The van der Waals surface area contributed by atoms with Crippen LogP contribution in [0.2, 0.25) is 0 Å². The van der Waals surface area contributed by atoms with Crippen LogP contribution in [0, 0.1) is 0 Å². The topological polar surface area (TPSA) is 67.6 Å². The van der Waals surface area contributed by atoms with Crippen molar-refractivity contribution in [3.05, 3.63) is 29.3 Å². The van der Waals surface area contributed by atoms with E-state index in [0.717, 1.165) is 56.8 Å². The van der Waals surface area contributed by atoms with Crippen LogP contribution < -0.4 is 15.8 Å². The van der Waals surface area contributed by atoms with Gasteiger partial charge in [-0.05, 0) is 49.1 Å². The van der Waals surface area contributed by atoms with Crippen LogP contribution in [0.3, 0.4) is 0 Å². The molecular formula is C16H23N3O2. The van der Waals surface area contributed by atoms with Crippen LogP contribution in [0.15, 0.2) is 18.2 Å². The number of carbonyl (C=O) groups is 1. The zero-order chi connectivity index (χ0) is 14.9. The molecule has 2 aliphatic rings. The first kappa shape index (κ1) is 14.4. The van der Waals surface area contributed by atoms with Crippen molar-refractivity contribution in [2.24, 2.45) is 5.73 Å². The summed E-state index contributed by atoms with van der Waals surface area (Å²) in [7, 11) is 1.65. The molecule has 1 fully saturated rings. The van der Waals surface area contributed by atoms with Gasteiger partial charge in [0.1, 0.15) is 11.3 Å². The number of ether oxygens (including phenoxy) is 1. The highest BCUT2D eigenvalue weighted by Crippen LogP contribution is 2.43. The van der Waals surface area contributed by atoms with Crippen LogP contribution in [0.4, 0.5) is 0 Å². The Kier molecular flexibility index (Phi) is 3.87. The third-order valence-electron chi connectivity index (χ3n) is 4.81. The normalized spacial score (nSPS) is 26.1. The summed E-state index contributed by atoms with van der Waals surface area (Å²) in [6.45, 7) is 3.64. The molecule has 3 N–H and O–H groups in total. The molecule has 0 spiro atoms. The average Bonchev–Trinajstić information content (AvgIpc) is 2.68. The van der Waals surface area contributed by atoms with Crippen molar-refractivity contribution in [3.63, 3.8) is 0 Å². The lowest BCUT2D eigenvalue weighted by atomic mass is 9.88. The van der Waals surface area contributed by atoms with Gasteiger partial charge < -0.3 is 15.8 Å². The monoisotopic (exact) mass is 289 g/mol. The van der Waals surface area contributed by atoms with Crippen LogP contribution in [-0.4, -0.2) is 44.1 Å². The molecule has 1 heterocycles. The van der Waals surface area contributed by atoms with Gasteiger partial charge in [0.25, 0.3) is 0 Å². The van der Waals surface area contributed by atoms with Gasteiger partial charge in [-0.1, -0.05) is 6.07 Å². The predicted octanol–water partition coefficient (Wildman–Crippen LogP) is 0.617. The van der Waals surface area contributed by atoms with Crippen molar-refractivity contribution < 1.29 is 9.53 Å². The number of rotatable bonds is 3. The molecule has 3 rings (SSSR count). The maximum Gasteiger partial charge on any atom is 0.242 e. The largest absolute Gasteiger partial charge is 0.497 e. The number of benzene rings is 1. The Morgan fingerprint density at radius 2 is 2.24 bits per heavy atom. The van der Waals surface area contributed by atoms with Gasteiger partial charge in [-0.2, -0.15) is 0 Å². The number of fused-ring (bicyclic) bond motifs is 1. The summed E-state index contributed by atoms with van der Waals surface area (Å²) in [5, 5.41) is 3.38. The van der Waals surface area contributed by atoms with Crippen molar-refractivity contribution >= 4 is 5.91 Å². The summed E-state index contributed by atoms with van der Waals surface area (Å²) < 4.78 is 5.34. The molecular weight excluding hydrogens is 266 g/mol. The zero-order valence-corrected chi connectivity index (χ0v) is 12.5. The molecule has 5 nitrogen and oxygen atoms in total. The van der Waals surface area contributed by atoms with Gasteiger partial charge in [0.2, 0.25) is 5.91 Å². The molecule has 1 amide bonds. The van der Waals surface area contributed by atoms with Gasteiger partial charge in [-0.15, -0.1) is 0 Å². The molecule has 0 saturated carbocycles. The highest BCUT2D eigenvalue weighted by molar-refractivity contribution is 5.88. The Labute approximate surface area is 125 Å². The Balaban J connectivity index is 2.06.